The molecule has 6 heteroatoms. The van der Waals surface area contributed by atoms with Crippen LogP contribution in [-0.4, -0.2) is 48.3 Å². The third kappa shape index (κ3) is 3.17. The molecule has 0 radical (unpaired) electrons. The third-order valence-electron chi connectivity index (χ3n) is 3.33. The van der Waals surface area contributed by atoms with Crippen LogP contribution >= 0.6 is 0 Å². The minimum absolute atomic E-state index is 0.0880. The molecule has 6 nitrogen and oxygen atoms in total. The van der Waals surface area contributed by atoms with Crippen LogP contribution in [0.5, 0.6) is 0 Å². The van der Waals surface area contributed by atoms with E-state index in [9.17, 15) is 14.7 Å². The van der Waals surface area contributed by atoms with Crippen molar-refractivity contribution >= 4 is 11.8 Å². The maximum Gasteiger partial charge on any atom is 0.242 e. The zero-order valence-electron chi connectivity index (χ0n) is 9.70. The Morgan fingerprint density at radius 2 is 2.24 bits per heavy atom. The molecule has 2 amide bonds. The highest BCUT2D eigenvalue weighted by atomic mass is 16.5. The van der Waals surface area contributed by atoms with Crippen LogP contribution in [0.4, 0.5) is 0 Å². The van der Waals surface area contributed by atoms with Crippen molar-refractivity contribution in [3.8, 4) is 0 Å². The lowest BCUT2D eigenvalue weighted by molar-refractivity contribution is -0.127. The van der Waals surface area contributed by atoms with Gasteiger partial charge >= 0.3 is 0 Å². The van der Waals surface area contributed by atoms with Crippen molar-refractivity contribution in [2.24, 2.45) is 0 Å². The van der Waals surface area contributed by atoms with E-state index in [4.69, 9.17) is 4.74 Å². The second-order valence-corrected chi connectivity index (χ2v) is 4.71. The first-order valence-corrected chi connectivity index (χ1v) is 5.96. The number of carbonyl (C=O) groups is 2. The summed E-state index contributed by atoms with van der Waals surface area (Å²) in [4.78, 5) is 22.7. The van der Waals surface area contributed by atoms with E-state index in [1.54, 1.807) is 0 Å². The number of hydrogen-bond acceptors (Lipinski definition) is 4. The van der Waals surface area contributed by atoms with Crippen molar-refractivity contribution in [2.45, 2.75) is 37.3 Å². The second kappa shape index (κ2) is 5.01. The molecule has 0 aliphatic carbocycles. The van der Waals surface area contributed by atoms with E-state index in [0.29, 0.717) is 38.9 Å². The molecule has 0 bridgehead atoms. The summed E-state index contributed by atoms with van der Waals surface area (Å²) in [5.41, 5.74) is -0.865. The van der Waals surface area contributed by atoms with E-state index in [0.717, 1.165) is 0 Å². The lowest BCUT2D eigenvalue weighted by atomic mass is 9.94. The molecule has 1 unspecified atom stereocenters. The van der Waals surface area contributed by atoms with Gasteiger partial charge in [0.15, 0.2) is 0 Å². The molecule has 3 N–H and O–H groups in total. The molecular formula is C11H18N2O4. The topological polar surface area (TPSA) is 87.7 Å². The first-order chi connectivity index (χ1) is 8.09. The van der Waals surface area contributed by atoms with Gasteiger partial charge in [-0.2, -0.15) is 0 Å². The molecule has 0 saturated carbocycles. The van der Waals surface area contributed by atoms with Crippen LogP contribution in [0, 0.1) is 0 Å². The van der Waals surface area contributed by atoms with Crippen molar-refractivity contribution in [3.63, 3.8) is 0 Å². The van der Waals surface area contributed by atoms with Crippen LogP contribution in [0.3, 0.4) is 0 Å². The zero-order chi connectivity index (χ0) is 12.3. The Labute approximate surface area is 99.7 Å². The van der Waals surface area contributed by atoms with Gasteiger partial charge in [0.2, 0.25) is 11.8 Å². The third-order valence-corrected chi connectivity index (χ3v) is 3.33. The number of hydrogen-bond donors (Lipinski definition) is 3. The predicted octanol–water partition coefficient (Wildman–Crippen LogP) is -1.08. The standard InChI is InChI=1S/C11H18N2O4/c14-9-2-1-8(13-9)10(15)12-7-11(16)3-5-17-6-4-11/h8,16H,1-7H2,(H,12,15)(H,13,14). The Bertz CT molecular complexity index is 313. The average molecular weight is 242 g/mol. The van der Waals surface area contributed by atoms with Crippen LogP contribution in [0.2, 0.25) is 0 Å². The van der Waals surface area contributed by atoms with Crippen LogP contribution in [0.25, 0.3) is 0 Å². The largest absolute Gasteiger partial charge is 0.388 e. The number of amides is 2. The fourth-order valence-corrected chi connectivity index (χ4v) is 2.11. The van der Waals surface area contributed by atoms with Gasteiger partial charge in [-0.15, -0.1) is 0 Å². The summed E-state index contributed by atoms with van der Waals surface area (Å²) in [5.74, 6) is -0.300. The summed E-state index contributed by atoms with van der Waals surface area (Å²) in [6.07, 6.45) is 2.00. The SMILES string of the molecule is O=C1CCC(C(=O)NCC2(O)CCOCC2)N1. The second-order valence-electron chi connectivity index (χ2n) is 4.71. The van der Waals surface area contributed by atoms with Gasteiger partial charge in [0.05, 0.1) is 5.60 Å². The number of ether oxygens (including phenoxy) is 1. The number of nitrogens with one attached hydrogen (secondary N) is 2. The minimum atomic E-state index is -0.865. The maximum absolute atomic E-state index is 11.7. The summed E-state index contributed by atoms with van der Waals surface area (Å²) < 4.78 is 5.16. The summed E-state index contributed by atoms with van der Waals surface area (Å²) in [6.45, 7) is 1.26. The minimum Gasteiger partial charge on any atom is -0.388 e. The predicted molar refractivity (Wildman–Crippen MR) is 59.2 cm³/mol. The summed E-state index contributed by atoms with van der Waals surface area (Å²) in [5, 5.41) is 15.4. The molecule has 17 heavy (non-hydrogen) atoms. The lowest BCUT2D eigenvalue weighted by Crippen LogP contribution is -2.50. The van der Waals surface area contributed by atoms with Gasteiger partial charge in [-0.25, -0.2) is 0 Å². The van der Waals surface area contributed by atoms with Crippen LogP contribution < -0.4 is 10.6 Å². The zero-order valence-corrected chi connectivity index (χ0v) is 9.70. The molecule has 0 aromatic carbocycles. The van der Waals surface area contributed by atoms with Crippen molar-refractivity contribution < 1.29 is 19.4 Å². The van der Waals surface area contributed by atoms with Crippen molar-refractivity contribution in [2.75, 3.05) is 19.8 Å². The van der Waals surface area contributed by atoms with E-state index in [2.05, 4.69) is 10.6 Å². The van der Waals surface area contributed by atoms with Crippen molar-refractivity contribution in [3.05, 3.63) is 0 Å². The molecule has 0 aromatic heterocycles. The Morgan fingerprint density at radius 1 is 1.53 bits per heavy atom. The highest BCUT2D eigenvalue weighted by Crippen LogP contribution is 2.19. The lowest BCUT2D eigenvalue weighted by Gasteiger charge is -2.32. The van der Waals surface area contributed by atoms with E-state index in [-0.39, 0.29) is 18.4 Å². The summed E-state index contributed by atoms with van der Waals surface area (Å²) >= 11 is 0. The Kier molecular flexibility index (Phi) is 3.63. The van der Waals surface area contributed by atoms with Gasteiger partial charge in [-0.1, -0.05) is 0 Å². The van der Waals surface area contributed by atoms with Gasteiger partial charge in [0, 0.05) is 39.0 Å². The first-order valence-electron chi connectivity index (χ1n) is 5.96. The summed E-state index contributed by atoms with van der Waals surface area (Å²) in [6, 6.07) is -0.439. The first kappa shape index (κ1) is 12.3. The number of rotatable bonds is 3. The number of aliphatic hydroxyl groups is 1. The molecule has 1 atom stereocenters. The van der Waals surface area contributed by atoms with E-state index < -0.39 is 11.6 Å². The highest BCUT2D eigenvalue weighted by Gasteiger charge is 2.32. The molecule has 0 spiro atoms. The fourth-order valence-electron chi connectivity index (χ4n) is 2.11. The molecule has 2 rings (SSSR count). The van der Waals surface area contributed by atoms with Crippen LogP contribution in [0.1, 0.15) is 25.7 Å². The molecule has 2 aliphatic rings. The van der Waals surface area contributed by atoms with Gasteiger partial charge in [0.25, 0.3) is 0 Å². The summed E-state index contributed by atoms with van der Waals surface area (Å²) in [7, 11) is 0. The van der Waals surface area contributed by atoms with Gasteiger partial charge in [-0.05, 0) is 6.42 Å². The van der Waals surface area contributed by atoms with Crippen LogP contribution in [0.15, 0.2) is 0 Å². The molecule has 0 aromatic rings. The Hall–Kier alpha value is -1.14. The average Bonchev–Trinajstić information content (AvgIpc) is 2.74. The fraction of sp³-hybridized carbons (Fsp3) is 0.818. The van der Waals surface area contributed by atoms with Gasteiger partial charge in [0.1, 0.15) is 6.04 Å². The number of carbonyl (C=O) groups excluding carboxylic acids is 2. The van der Waals surface area contributed by atoms with Gasteiger partial charge in [-0.3, -0.25) is 9.59 Å². The Balaban J connectivity index is 1.77. The van der Waals surface area contributed by atoms with Crippen molar-refractivity contribution in [1.82, 2.24) is 10.6 Å². The van der Waals surface area contributed by atoms with Gasteiger partial charge < -0.3 is 20.5 Å². The van der Waals surface area contributed by atoms with Crippen molar-refractivity contribution in [1.29, 1.82) is 0 Å². The smallest absolute Gasteiger partial charge is 0.242 e. The quantitative estimate of drug-likeness (QED) is 0.587. The maximum atomic E-state index is 11.7. The molecular weight excluding hydrogens is 224 g/mol. The monoisotopic (exact) mass is 242 g/mol. The molecule has 96 valence electrons. The van der Waals surface area contributed by atoms with E-state index >= 15 is 0 Å². The van der Waals surface area contributed by atoms with E-state index in [1.807, 2.05) is 0 Å². The van der Waals surface area contributed by atoms with Crippen LogP contribution in [-0.2, 0) is 14.3 Å². The highest BCUT2D eigenvalue weighted by molar-refractivity contribution is 5.90. The molecule has 2 aliphatic heterocycles. The molecule has 2 fully saturated rings. The normalized spacial score (nSPS) is 27.6. The molecule has 2 saturated heterocycles. The Morgan fingerprint density at radius 3 is 2.82 bits per heavy atom. The molecule has 2 heterocycles. The van der Waals surface area contributed by atoms with E-state index in [1.165, 1.54) is 0 Å².